The number of likely N-dealkylation sites (tertiary alicyclic amines) is 2. The maximum Gasteiger partial charge on any atom is 0.290 e. The molecule has 2 saturated heterocycles. The van der Waals surface area contributed by atoms with Crippen LogP contribution in [-0.2, 0) is 4.79 Å². The van der Waals surface area contributed by atoms with Crippen molar-refractivity contribution >= 4 is 23.4 Å². The molecule has 1 N–H and O–H groups in total. The molecule has 0 aliphatic carbocycles. The van der Waals surface area contributed by atoms with Gasteiger partial charge in [0.2, 0.25) is 5.91 Å². The molecule has 0 spiro atoms. The molecule has 7 heteroatoms. The van der Waals surface area contributed by atoms with Gasteiger partial charge < -0.3 is 19.5 Å². The largest absolute Gasteiger partial charge is 0.459 e. The van der Waals surface area contributed by atoms with Gasteiger partial charge in [-0.15, -0.1) is 0 Å². The lowest BCUT2D eigenvalue weighted by Crippen LogP contribution is -2.43. The van der Waals surface area contributed by atoms with Crippen molar-refractivity contribution < 1.29 is 18.8 Å². The van der Waals surface area contributed by atoms with Gasteiger partial charge in [-0.2, -0.15) is 0 Å². The van der Waals surface area contributed by atoms with E-state index in [4.69, 9.17) is 4.42 Å². The van der Waals surface area contributed by atoms with Crippen molar-refractivity contribution in [2.24, 2.45) is 0 Å². The molecule has 2 aromatic rings. The fourth-order valence-electron chi connectivity index (χ4n) is 3.88. The zero-order chi connectivity index (χ0) is 19.5. The summed E-state index contributed by atoms with van der Waals surface area (Å²) in [4.78, 5) is 41.3. The predicted molar refractivity (Wildman–Crippen MR) is 103 cm³/mol. The van der Waals surface area contributed by atoms with Crippen LogP contribution in [-0.4, -0.2) is 53.2 Å². The molecule has 2 aliphatic rings. The molecule has 1 aromatic carbocycles. The van der Waals surface area contributed by atoms with Gasteiger partial charge >= 0.3 is 0 Å². The fourth-order valence-corrected chi connectivity index (χ4v) is 3.88. The number of anilines is 1. The van der Waals surface area contributed by atoms with Crippen LogP contribution < -0.4 is 5.32 Å². The van der Waals surface area contributed by atoms with Crippen molar-refractivity contribution in [2.45, 2.75) is 31.7 Å². The average Bonchev–Trinajstić information content (AvgIpc) is 3.49. The molecular weight excluding hydrogens is 358 g/mol. The zero-order valence-corrected chi connectivity index (χ0v) is 15.6. The van der Waals surface area contributed by atoms with Gasteiger partial charge in [0.05, 0.1) is 6.26 Å². The summed E-state index contributed by atoms with van der Waals surface area (Å²) in [6.45, 7) is 2.08. The lowest BCUT2D eigenvalue weighted by Gasteiger charge is -2.23. The number of hydrogen-bond donors (Lipinski definition) is 1. The smallest absolute Gasteiger partial charge is 0.290 e. The van der Waals surface area contributed by atoms with E-state index >= 15 is 0 Å². The van der Waals surface area contributed by atoms with Gasteiger partial charge in [0, 0.05) is 30.9 Å². The average molecular weight is 381 g/mol. The van der Waals surface area contributed by atoms with Crippen molar-refractivity contribution in [1.82, 2.24) is 9.80 Å². The minimum atomic E-state index is -0.546. The lowest BCUT2D eigenvalue weighted by atomic mass is 10.1. The highest BCUT2D eigenvalue weighted by Crippen LogP contribution is 2.23. The highest BCUT2D eigenvalue weighted by atomic mass is 16.3. The van der Waals surface area contributed by atoms with Crippen LogP contribution in [0.3, 0.4) is 0 Å². The Bertz CT molecular complexity index is 872. The number of nitrogens with zero attached hydrogens (tertiary/aromatic N) is 2. The monoisotopic (exact) mass is 381 g/mol. The number of hydrogen-bond acceptors (Lipinski definition) is 4. The highest BCUT2D eigenvalue weighted by molar-refractivity contribution is 6.01. The maximum absolute atomic E-state index is 12.8. The minimum Gasteiger partial charge on any atom is -0.459 e. The SMILES string of the molecule is O=C(Nc1cccc(C(=O)N2CCCC2)c1)[C@@H]1CCCN1C(=O)c1ccco1. The maximum atomic E-state index is 12.8. The third-order valence-electron chi connectivity index (χ3n) is 5.32. The van der Waals surface area contributed by atoms with Crippen molar-refractivity contribution in [3.63, 3.8) is 0 Å². The molecule has 7 nitrogen and oxygen atoms in total. The number of rotatable bonds is 4. The summed E-state index contributed by atoms with van der Waals surface area (Å²) in [5.41, 5.74) is 1.13. The Balaban J connectivity index is 1.45. The van der Waals surface area contributed by atoms with Crippen molar-refractivity contribution in [3.8, 4) is 0 Å². The molecule has 0 saturated carbocycles. The zero-order valence-electron chi connectivity index (χ0n) is 15.6. The van der Waals surface area contributed by atoms with Crippen LogP contribution in [0, 0.1) is 0 Å². The van der Waals surface area contributed by atoms with E-state index in [1.54, 1.807) is 41.3 Å². The summed E-state index contributed by atoms with van der Waals surface area (Å²) >= 11 is 0. The molecule has 2 fully saturated rings. The normalized spacial score (nSPS) is 19.1. The van der Waals surface area contributed by atoms with Crippen LogP contribution in [0.25, 0.3) is 0 Å². The number of amides is 3. The molecule has 0 bridgehead atoms. The van der Waals surface area contributed by atoms with Crippen LogP contribution in [0.4, 0.5) is 5.69 Å². The van der Waals surface area contributed by atoms with Gasteiger partial charge in [-0.25, -0.2) is 0 Å². The van der Waals surface area contributed by atoms with E-state index in [9.17, 15) is 14.4 Å². The summed E-state index contributed by atoms with van der Waals surface area (Å²) in [5.74, 6) is -0.300. The van der Waals surface area contributed by atoms with Gasteiger partial charge in [-0.05, 0) is 56.0 Å². The van der Waals surface area contributed by atoms with Crippen LogP contribution in [0.2, 0.25) is 0 Å². The molecule has 146 valence electrons. The third-order valence-corrected chi connectivity index (χ3v) is 5.32. The number of benzene rings is 1. The third kappa shape index (κ3) is 3.65. The minimum absolute atomic E-state index is 0.0101. The molecule has 2 aliphatic heterocycles. The van der Waals surface area contributed by atoms with Crippen molar-refractivity contribution in [3.05, 3.63) is 54.0 Å². The van der Waals surface area contributed by atoms with E-state index in [0.717, 1.165) is 32.4 Å². The Labute approximate surface area is 163 Å². The lowest BCUT2D eigenvalue weighted by molar-refractivity contribution is -0.119. The second kappa shape index (κ2) is 7.88. The first-order chi connectivity index (χ1) is 13.6. The van der Waals surface area contributed by atoms with E-state index in [-0.39, 0.29) is 23.5 Å². The Morgan fingerprint density at radius 3 is 2.54 bits per heavy atom. The summed E-state index contributed by atoms with van der Waals surface area (Å²) in [6.07, 6.45) is 4.87. The van der Waals surface area contributed by atoms with Crippen molar-refractivity contribution in [1.29, 1.82) is 0 Å². The molecule has 4 rings (SSSR count). The van der Waals surface area contributed by atoms with Crippen molar-refractivity contribution in [2.75, 3.05) is 25.0 Å². The molecule has 1 aromatic heterocycles. The predicted octanol–water partition coefficient (Wildman–Crippen LogP) is 2.76. The quantitative estimate of drug-likeness (QED) is 0.883. The van der Waals surface area contributed by atoms with E-state index < -0.39 is 6.04 Å². The summed E-state index contributed by atoms with van der Waals surface area (Å²) < 4.78 is 5.18. The van der Waals surface area contributed by atoms with E-state index in [2.05, 4.69) is 5.32 Å². The first-order valence-electron chi connectivity index (χ1n) is 9.68. The molecule has 3 amide bonds. The van der Waals surface area contributed by atoms with Gasteiger partial charge in [0.1, 0.15) is 6.04 Å². The second-order valence-electron chi connectivity index (χ2n) is 7.20. The van der Waals surface area contributed by atoms with Gasteiger partial charge in [0.15, 0.2) is 5.76 Å². The standard InChI is InChI=1S/C21H23N3O4/c25-19(17-8-4-12-24(17)21(27)18-9-5-13-28-18)22-16-7-3-6-15(14-16)20(26)23-10-1-2-11-23/h3,5-7,9,13-14,17H,1-2,4,8,10-12H2,(H,22,25)/t17-/m0/s1. The number of nitrogens with one attached hydrogen (secondary N) is 1. The molecule has 1 atom stereocenters. The first kappa shape index (κ1) is 18.3. The van der Waals surface area contributed by atoms with E-state index in [1.165, 1.54) is 6.26 Å². The van der Waals surface area contributed by atoms with Gasteiger partial charge in [-0.3, -0.25) is 14.4 Å². The Hall–Kier alpha value is -3.09. The fraction of sp³-hybridized carbons (Fsp3) is 0.381. The molecule has 28 heavy (non-hydrogen) atoms. The molecule has 3 heterocycles. The Kier molecular flexibility index (Phi) is 5.14. The first-order valence-corrected chi connectivity index (χ1v) is 9.68. The number of carbonyl (C=O) groups excluding carboxylic acids is 3. The number of carbonyl (C=O) groups is 3. The molecule has 0 radical (unpaired) electrons. The Morgan fingerprint density at radius 1 is 0.964 bits per heavy atom. The second-order valence-corrected chi connectivity index (χ2v) is 7.20. The van der Waals surface area contributed by atoms with Crippen LogP contribution in [0.15, 0.2) is 47.1 Å². The van der Waals surface area contributed by atoms with Gasteiger partial charge in [0.25, 0.3) is 11.8 Å². The summed E-state index contributed by atoms with van der Waals surface area (Å²) in [5, 5.41) is 2.87. The Morgan fingerprint density at radius 2 is 1.79 bits per heavy atom. The van der Waals surface area contributed by atoms with Crippen LogP contribution in [0.5, 0.6) is 0 Å². The molecule has 0 unspecified atom stereocenters. The van der Waals surface area contributed by atoms with Gasteiger partial charge in [-0.1, -0.05) is 6.07 Å². The number of furan rings is 1. The van der Waals surface area contributed by atoms with Crippen LogP contribution >= 0.6 is 0 Å². The summed E-state index contributed by atoms with van der Waals surface area (Å²) in [6, 6.07) is 9.69. The topological polar surface area (TPSA) is 82.9 Å². The summed E-state index contributed by atoms with van der Waals surface area (Å²) in [7, 11) is 0. The highest BCUT2D eigenvalue weighted by Gasteiger charge is 2.35. The molecular formula is C21H23N3O4. The van der Waals surface area contributed by atoms with Crippen LogP contribution in [0.1, 0.15) is 46.6 Å². The van der Waals surface area contributed by atoms with E-state index in [0.29, 0.717) is 24.2 Å². The van der Waals surface area contributed by atoms with E-state index in [1.807, 2.05) is 4.90 Å².